The summed E-state index contributed by atoms with van der Waals surface area (Å²) >= 11 is 0. The van der Waals surface area contributed by atoms with Gasteiger partial charge in [0.15, 0.2) is 6.29 Å². The highest BCUT2D eigenvalue weighted by atomic mass is 16.5. The van der Waals surface area contributed by atoms with Gasteiger partial charge >= 0.3 is 0 Å². The van der Waals surface area contributed by atoms with E-state index < -0.39 is 6.29 Å². The minimum absolute atomic E-state index is 0.0316. The zero-order valence-electron chi connectivity index (χ0n) is 17.1. The highest BCUT2D eigenvalue weighted by molar-refractivity contribution is 5.47. The molecule has 0 radical (unpaired) electrons. The van der Waals surface area contributed by atoms with Gasteiger partial charge in [-0.2, -0.15) is 0 Å². The van der Waals surface area contributed by atoms with E-state index in [1.54, 1.807) is 0 Å². The van der Waals surface area contributed by atoms with Crippen LogP contribution in [-0.2, 0) is 17.6 Å². The van der Waals surface area contributed by atoms with Crippen LogP contribution in [0.15, 0.2) is 48.5 Å². The van der Waals surface area contributed by atoms with Crippen molar-refractivity contribution in [3.63, 3.8) is 0 Å². The molecule has 146 valence electrons. The number of nitrogens with zero attached hydrogens (tertiary/aromatic N) is 1. The highest BCUT2D eigenvalue weighted by Gasteiger charge is 2.54. The van der Waals surface area contributed by atoms with Gasteiger partial charge in [0.25, 0.3) is 0 Å². The first-order chi connectivity index (χ1) is 13.0. The van der Waals surface area contributed by atoms with Gasteiger partial charge in [0.05, 0.1) is 0 Å². The topological polar surface area (TPSA) is 43.7 Å². The Morgan fingerprint density at radius 1 is 0.778 bits per heavy atom. The summed E-state index contributed by atoms with van der Waals surface area (Å²) in [5.74, 6) is 0. The predicted molar refractivity (Wildman–Crippen MR) is 110 cm³/mol. The van der Waals surface area contributed by atoms with Crippen LogP contribution < -0.4 is 0 Å². The Balaban J connectivity index is 2.23. The van der Waals surface area contributed by atoms with Crippen LogP contribution >= 0.6 is 0 Å². The molecule has 0 aromatic heterocycles. The van der Waals surface area contributed by atoms with Gasteiger partial charge in [0.2, 0.25) is 0 Å². The van der Waals surface area contributed by atoms with Crippen molar-refractivity contribution in [1.82, 2.24) is 4.90 Å². The summed E-state index contributed by atoms with van der Waals surface area (Å²) in [5, 5.41) is 19.5. The Labute approximate surface area is 163 Å². The summed E-state index contributed by atoms with van der Waals surface area (Å²) in [5.41, 5.74) is 4.42. The van der Waals surface area contributed by atoms with Gasteiger partial charge in [-0.15, -0.1) is 0 Å². The first-order valence-corrected chi connectivity index (χ1v) is 10.3. The largest absolute Gasteiger partial charge is 0.364 e. The second-order valence-corrected chi connectivity index (χ2v) is 7.73. The molecule has 1 aliphatic rings. The van der Waals surface area contributed by atoms with Crippen molar-refractivity contribution in [2.24, 2.45) is 0 Å². The lowest BCUT2D eigenvalue weighted by molar-refractivity contribution is -0.0428. The van der Waals surface area contributed by atoms with E-state index in [-0.39, 0.29) is 11.1 Å². The van der Waals surface area contributed by atoms with Gasteiger partial charge in [-0.1, -0.05) is 70.2 Å². The summed E-state index contributed by atoms with van der Waals surface area (Å²) in [6.45, 7) is 9.97. The third kappa shape index (κ3) is 3.02. The van der Waals surface area contributed by atoms with Crippen LogP contribution in [0.3, 0.4) is 0 Å². The fraction of sp³-hybridized carbons (Fsp3) is 0.500. The molecule has 0 atom stereocenters. The number of hydrogen-bond acceptors (Lipinski definition) is 3. The zero-order chi connectivity index (χ0) is 19.7. The van der Waals surface area contributed by atoms with Crippen molar-refractivity contribution in [2.75, 3.05) is 0 Å². The number of rotatable bonds is 7. The molecule has 2 N–H and O–H groups in total. The van der Waals surface area contributed by atoms with Crippen molar-refractivity contribution in [3.8, 4) is 0 Å². The van der Waals surface area contributed by atoms with Crippen molar-refractivity contribution in [3.05, 3.63) is 70.8 Å². The number of aliphatic hydroxyl groups is 2. The molecule has 3 heteroatoms. The maximum absolute atomic E-state index is 9.76. The van der Waals surface area contributed by atoms with E-state index in [2.05, 4.69) is 69.0 Å². The molecule has 0 fully saturated rings. The molecule has 2 aromatic carbocycles. The van der Waals surface area contributed by atoms with Crippen LogP contribution in [0.25, 0.3) is 0 Å². The Bertz CT molecular complexity index is 761. The third-order valence-electron chi connectivity index (χ3n) is 6.90. The van der Waals surface area contributed by atoms with Gasteiger partial charge in [-0.25, -0.2) is 0 Å². The molecule has 1 aliphatic heterocycles. The smallest absolute Gasteiger partial charge is 0.178 e. The molecule has 0 aliphatic carbocycles. The van der Waals surface area contributed by atoms with Crippen LogP contribution in [-0.4, -0.2) is 15.1 Å². The van der Waals surface area contributed by atoms with Crippen LogP contribution in [0.1, 0.15) is 81.9 Å². The van der Waals surface area contributed by atoms with Gasteiger partial charge < -0.3 is 10.2 Å². The molecule has 1 heterocycles. The summed E-state index contributed by atoms with van der Waals surface area (Å²) in [6, 6.07) is 16.8. The van der Waals surface area contributed by atoms with E-state index >= 15 is 0 Å². The van der Waals surface area contributed by atoms with E-state index in [9.17, 15) is 10.2 Å². The highest BCUT2D eigenvalue weighted by Crippen LogP contribution is 2.56. The monoisotopic (exact) mass is 367 g/mol. The van der Waals surface area contributed by atoms with E-state index in [0.717, 1.165) is 32.2 Å². The van der Waals surface area contributed by atoms with E-state index in [1.807, 2.05) is 12.1 Å². The number of fused-ring (bicyclic) bond motifs is 1. The Kier molecular flexibility index (Phi) is 5.76. The predicted octanol–water partition coefficient (Wildman–Crippen LogP) is 5.22. The molecule has 0 amide bonds. The molecular weight excluding hydrogens is 334 g/mol. The molecule has 0 unspecified atom stereocenters. The fourth-order valence-electron chi connectivity index (χ4n) is 5.31. The maximum atomic E-state index is 9.76. The van der Waals surface area contributed by atoms with Crippen LogP contribution in [0.2, 0.25) is 0 Å². The van der Waals surface area contributed by atoms with Gasteiger partial charge in [-0.05, 0) is 48.4 Å². The normalized spacial score (nSPS) is 18.0. The second kappa shape index (κ2) is 7.75. The lowest BCUT2D eigenvalue weighted by Gasteiger charge is -2.47. The van der Waals surface area contributed by atoms with Crippen molar-refractivity contribution < 1.29 is 10.2 Å². The second-order valence-electron chi connectivity index (χ2n) is 7.73. The lowest BCUT2D eigenvalue weighted by Crippen LogP contribution is -2.49. The van der Waals surface area contributed by atoms with Crippen molar-refractivity contribution in [2.45, 2.75) is 77.3 Å². The number of aliphatic hydroxyl groups excluding tert-OH is 1. The molecule has 3 rings (SSSR count). The van der Waals surface area contributed by atoms with E-state index in [0.29, 0.717) is 5.56 Å². The summed E-state index contributed by atoms with van der Waals surface area (Å²) in [6.07, 6.45) is 2.63. The Morgan fingerprint density at radius 3 is 1.85 bits per heavy atom. The Morgan fingerprint density at radius 2 is 1.33 bits per heavy atom. The average Bonchev–Trinajstić information content (AvgIpc) is 2.94. The average molecular weight is 368 g/mol. The lowest BCUT2D eigenvalue weighted by atomic mass is 9.82. The van der Waals surface area contributed by atoms with Crippen LogP contribution in [0.4, 0.5) is 0 Å². The quantitative estimate of drug-likeness (QED) is 0.660. The molecule has 0 saturated carbocycles. The standard InChI is InChI=1S/C24H33NO2/c1-5-23(6-2)20-15-14-19(22(26)27)16-21(20)24(7-3,8-4)25(23)17-18-12-10-9-11-13-18/h9-16,22,26-27H,5-8,17H2,1-4H3. The van der Waals surface area contributed by atoms with Crippen LogP contribution in [0, 0.1) is 0 Å². The summed E-state index contributed by atoms with van der Waals surface area (Å²) in [4.78, 5) is 2.70. The molecule has 27 heavy (non-hydrogen) atoms. The molecule has 0 bridgehead atoms. The van der Waals surface area contributed by atoms with Crippen molar-refractivity contribution in [1.29, 1.82) is 0 Å². The van der Waals surface area contributed by atoms with Gasteiger partial charge in [0, 0.05) is 23.2 Å². The molecular formula is C24H33NO2. The fourth-order valence-corrected chi connectivity index (χ4v) is 5.31. The number of hydrogen-bond donors (Lipinski definition) is 2. The Hall–Kier alpha value is -1.68. The third-order valence-corrected chi connectivity index (χ3v) is 6.90. The maximum Gasteiger partial charge on any atom is 0.178 e. The SMILES string of the molecule is CCC1(CC)c2ccc(C(O)O)cc2C(CC)(CC)N1Cc1ccccc1. The minimum atomic E-state index is -1.43. The van der Waals surface area contributed by atoms with E-state index in [1.165, 1.54) is 16.7 Å². The first-order valence-electron chi connectivity index (χ1n) is 10.3. The van der Waals surface area contributed by atoms with E-state index in [4.69, 9.17) is 0 Å². The molecule has 0 spiro atoms. The summed E-state index contributed by atoms with van der Waals surface area (Å²) in [7, 11) is 0. The van der Waals surface area contributed by atoms with Gasteiger partial charge in [0.1, 0.15) is 0 Å². The summed E-state index contributed by atoms with van der Waals surface area (Å²) < 4.78 is 0. The zero-order valence-corrected chi connectivity index (χ0v) is 17.1. The van der Waals surface area contributed by atoms with Crippen molar-refractivity contribution >= 4 is 0 Å². The molecule has 2 aromatic rings. The first kappa shape index (κ1) is 20.1. The van der Waals surface area contributed by atoms with Gasteiger partial charge in [-0.3, -0.25) is 4.90 Å². The molecule has 3 nitrogen and oxygen atoms in total. The number of benzene rings is 2. The minimum Gasteiger partial charge on any atom is -0.364 e. The van der Waals surface area contributed by atoms with Crippen LogP contribution in [0.5, 0.6) is 0 Å². The molecule has 0 saturated heterocycles.